The average Bonchev–Trinajstić information content (AvgIpc) is 2.38. The van der Waals surface area contributed by atoms with Crippen LogP contribution in [0.25, 0.3) is 0 Å². The SMILES string of the molecule is CCS(=O)CCNC(=O)c1ccc(OC)c(O)c1. The summed E-state index contributed by atoms with van der Waals surface area (Å²) in [5, 5.41) is 12.2. The molecule has 0 saturated heterocycles. The first-order valence-corrected chi connectivity index (χ1v) is 7.07. The first kappa shape index (κ1) is 14.5. The first-order chi connectivity index (χ1) is 8.58. The van der Waals surface area contributed by atoms with Gasteiger partial charge in [-0.3, -0.25) is 9.00 Å². The Labute approximate surface area is 109 Å². The monoisotopic (exact) mass is 271 g/mol. The Morgan fingerprint density at radius 1 is 1.50 bits per heavy atom. The van der Waals surface area contributed by atoms with Gasteiger partial charge in [0.25, 0.3) is 5.91 Å². The standard InChI is InChI=1S/C12H17NO4S/c1-3-18(16)7-6-13-12(15)9-4-5-11(17-2)10(14)8-9/h4-5,8,14H,3,6-7H2,1-2H3,(H,13,15). The third-order valence-corrected chi connectivity index (χ3v) is 3.68. The normalized spacial score (nSPS) is 11.9. The number of carbonyl (C=O) groups is 1. The van der Waals surface area contributed by atoms with Crippen LogP contribution in [0, 0.1) is 0 Å². The zero-order valence-corrected chi connectivity index (χ0v) is 11.3. The van der Waals surface area contributed by atoms with E-state index in [4.69, 9.17) is 4.74 Å². The largest absolute Gasteiger partial charge is 0.504 e. The van der Waals surface area contributed by atoms with Crippen molar-refractivity contribution in [3.63, 3.8) is 0 Å². The average molecular weight is 271 g/mol. The van der Waals surface area contributed by atoms with Crippen LogP contribution in [0.5, 0.6) is 11.5 Å². The lowest BCUT2D eigenvalue weighted by molar-refractivity contribution is 0.0955. The lowest BCUT2D eigenvalue weighted by Crippen LogP contribution is -2.27. The molecule has 0 saturated carbocycles. The van der Waals surface area contributed by atoms with Crippen molar-refractivity contribution in [3.05, 3.63) is 23.8 Å². The minimum absolute atomic E-state index is 0.0812. The van der Waals surface area contributed by atoms with Gasteiger partial charge in [0.15, 0.2) is 11.5 Å². The summed E-state index contributed by atoms with van der Waals surface area (Å²) in [5.74, 6) is 0.950. The van der Waals surface area contributed by atoms with E-state index in [1.807, 2.05) is 6.92 Å². The highest BCUT2D eigenvalue weighted by Gasteiger charge is 2.09. The number of aromatic hydroxyl groups is 1. The molecule has 18 heavy (non-hydrogen) atoms. The molecule has 1 atom stereocenters. The van der Waals surface area contributed by atoms with Crippen molar-refractivity contribution >= 4 is 16.7 Å². The van der Waals surface area contributed by atoms with Gasteiger partial charge in [-0.05, 0) is 18.2 Å². The van der Waals surface area contributed by atoms with Gasteiger partial charge < -0.3 is 15.2 Å². The summed E-state index contributed by atoms with van der Waals surface area (Å²) in [7, 11) is 0.546. The van der Waals surface area contributed by atoms with Crippen LogP contribution in [0.1, 0.15) is 17.3 Å². The number of carbonyl (C=O) groups excluding carboxylic acids is 1. The van der Waals surface area contributed by atoms with Gasteiger partial charge in [0, 0.05) is 34.4 Å². The number of hydrogen-bond donors (Lipinski definition) is 2. The second kappa shape index (κ2) is 7.00. The van der Waals surface area contributed by atoms with Gasteiger partial charge in [0.2, 0.25) is 0 Å². The lowest BCUT2D eigenvalue weighted by atomic mass is 10.2. The van der Waals surface area contributed by atoms with Crippen LogP contribution in [0.3, 0.4) is 0 Å². The predicted molar refractivity (Wildman–Crippen MR) is 70.5 cm³/mol. The number of benzene rings is 1. The molecule has 0 heterocycles. The number of phenolic OH excluding ortho intramolecular Hbond substituents is 1. The van der Waals surface area contributed by atoms with Crippen LogP contribution in [0.2, 0.25) is 0 Å². The first-order valence-electron chi connectivity index (χ1n) is 5.58. The minimum Gasteiger partial charge on any atom is -0.504 e. The highest BCUT2D eigenvalue weighted by Crippen LogP contribution is 2.25. The molecule has 1 aromatic carbocycles. The molecule has 5 nitrogen and oxygen atoms in total. The molecule has 0 aromatic heterocycles. The van der Waals surface area contributed by atoms with Gasteiger partial charge in [-0.15, -0.1) is 0 Å². The molecule has 1 amide bonds. The molecule has 0 spiro atoms. The number of hydrogen-bond acceptors (Lipinski definition) is 4. The second-order valence-corrected chi connectivity index (χ2v) is 5.44. The Balaban J connectivity index is 2.56. The number of nitrogens with one attached hydrogen (secondary N) is 1. The van der Waals surface area contributed by atoms with Crippen molar-refractivity contribution in [2.75, 3.05) is 25.2 Å². The van der Waals surface area contributed by atoms with E-state index in [1.54, 1.807) is 6.07 Å². The van der Waals surface area contributed by atoms with Crippen molar-refractivity contribution in [1.82, 2.24) is 5.32 Å². The van der Waals surface area contributed by atoms with E-state index in [1.165, 1.54) is 19.2 Å². The molecule has 0 fully saturated rings. The third kappa shape index (κ3) is 4.03. The summed E-state index contributed by atoms with van der Waals surface area (Å²) < 4.78 is 16.1. The van der Waals surface area contributed by atoms with Crippen LogP contribution in [0.15, 0.2) is 18.2 Å². The summed E-state index contributed by atoms with van der Waals surface area (Å²) in [6.07, 6.45) is 0. The molecular formula is C12H17NO4S. The van der Waals surface area contributed by atoms with Gasteiger partial charge in [-0.2, -0.15) is 0 Å². The van der Waals surface area contributed by atoms with E-state index < -0.39 is 10.8 Å². The Morgan fingerprint density at radius 3 is 2.78 bits per heavy atom. The highest BCUT2D eigenvalue weighted by molar-refractivity contribution is 7.84. The topological polar surface area (TPSA) is 75.6 Å². The lowest BCUT2D eigenvalue weighted by Gasteiger charge is -2.07. The van der Waals surface area contributed by atoms with E-state index in [2.05, 4.69) is 5.32 Å². The van der Waals surface area contributed by atoms with Gasteiger partial charge >= 0.3 is 0 Å². The molecule has 1 unspecified atom stereocenters. The van der Waals surface area contributed by atoms with Crippen molar-refractivity contribution in [3.8, 4) is 11.5 Å². The number of methoxy groups -OCH3 is 1. The summed E-state index contributed by atoms with van der Waals surface area (Å²) in [4.78, 5) is 11.7. The van der Waals surface area contributed by atoms with E-state index in [-0.39, 0.29) is 11.7 Å². The van der Waals surface area contributed by atoms with Gasteiger partial charge in [0.05, 0.1) is 7.11 Å². The van der Waals surface area contributed by atoms with Crippen LogP contribution in [-0.4, -0.2) is 40.4 Å². The van der Waals surface area contributed by atoms with Crippen molar-refractivity contribution in [1.29, 1.82) is 0 Å². The van der Waals surface area contributed by atoms with Gasteiger partial charge in [-0.1, -0.05) is 6.92 Å². The number of amides is 1. The second-order valence-electron chi connectivity index (χ2n) is 3.58. The number of rotatable bonds is 6. The molecule has 6 heteroatoms. The summed E-state index contributed by atoms with van der Waals surface area (Å²) >= 11 is 0. The van der Waals surface area contributed by atoms with Crippen LogP contribution >= 0.6 is 0 Å². The van der Waals surface area contributed by atoms with Crippen molar-refractivity contribution < 1.29 is 18.8 Å². The van der Waals surface area contributed by atoms with Gasteiger partial charge in [-0.25, -0.2) is 0 Å². The molecule has 2 N–H and O–H groups in total. The van der Waals surface area contributed by atoms with E-state index in [9.17, 15) is 14.1 Å². The maximum Gasteiger partial charge on any atom is 0.251 e. The Bertz CT molecular complexity index is 448. The van der Waals surface area contributed by atoms with E-state index in [0.717, 1.165) is 0 Å². The maximum absolute atomic E-state index is 11.7. The Morgan fingerprint density at radius 2 is 2.22 bits per heavy atom. The minimum atomic E-state index is -0.893. The summed E-state index contributed by atoms with van der Waals surface area (Å²) in [6, 6.07) is 4.42. The van der Waals surface area contributed by atoms with E-state index >= 15 is 0 Å². The van der Waals surface area contributed by atoms with E-state index in [0.29, 0.717) is 29.4 Å². The third-order valence-electron chi connectivity index (χ3n) is 2.38. The quantitative estimate of drug-likeness (QED) is 0.806. The Hall–Kier alpha value is -1.56. The Kier molecular flexibility index (Phi) is 5.64. The maximum atomic E-state index is 11.7. The molecule has 1 aromatic rings. The van der Waals surface area contributed by atoms with Gasteiger partial charge in [0.1, 0.15) is 0 Å². The number of phenols is 1. The van der Waals surface area contributed by atoms with Crippen LogP contribution in [0.4, 0.5) is 0 Å². The van der Waals surface area contributed by atoms with Crippen LogP contribution < -0.4 is 10.1 Å². The molecule has 0 aliphatic rings. The summed E-state index contributed by atoms with van der Waals surface area (Å²) in [6.45, 7) is 2.19. The fourth-order valence-corrected chi connectivity index (χ4v) is 1.97. The zero-order chi connectivity index (χ0) is 13.5. The fourth-order valence-electron chi connectivity index (χ4n) is 1.36. The van der Waals surface area contributed by atoms with Crippen LogP contribution in [-0.2, 0) is 10.8 Å². The van der Waals surface area contributed by atoms with Crippen molar-refractivity contribution in [2.45, 2.75) is 6.92 Å². The molecule has 0 aliphatic carbocycles. The fraction of sp³-hybridized carbons (Fsp3) is 0.417. The number of ether oxygens (including phenoxy) is 1. The smallest absolute Gasteiger partial charge is 0.251 e. The zero-order valence-electron chi connectivity index (χ0n) is 10.4. The highest BCUT2D eigenvalue weighted by atomic mass is 32.2. The molecule has 1 rings (SSSR count). The molecule has 0 radical (unpaired) electrons. The molecule has 0 aliphatic heterocycles. The summed E-state index contributed by atoms with van der Waals surface area (Å²) in [5.41, 5.74) is 0.343. The molecular weight excluding hydrogens is 254 g/mol. The predicted octanol–water partition coefficient (Wildman–Crippen LogP) is 0.899. The molecule has 0 bridgehead atoms. The van der Waals surface area contributed by atoms with Crippen molar-refractivity contribution in [2.24, 2.45) is 0 Å². The molecule has 100 valence electrons.